The zero-order valence-electron chi connectivity index (χ0n) is 16.4. The molecule has 0 atom stereocenters. The van der Waals surface area contributed by atoms with Gasteiger partial charge in [-0.25, -0.2) is 4.98 Å². The minimum absolute atomic E-state index is 0.0214. The molecule has 2 N–H and O–H groups in total. The molecule has 0 unspecified atom stereocenters. The topological polar surface area (TPSA) is 101 Å². The second kappa shape index (κ2) is 7.53. The minimum Gasteiger partial charge on any atom is -0.481 e. The first-order chi connectivity index (χ1) is 15.1. The maximum absolute atomic E-state index is 13.6. The van der Waals surface area contributed by atoms with Gasteiger partial charge in [-0.05, 0) is 35.4 Å². The van der Waals surface area contributed by atoms with Gasteiger partial charge in [0, 0.05) is 18.0 Å². The Balaban J connectivity index is 1.67. The van der Waals surface area contributed by atoms with E-state index in [9.17, 15) is 9.59 Å². The summed E-state index contributed by atoms with van der Waals surface area (Å²) in [6, 6.07) is 20.5. The van der Waals surface area contributed by atoms with Gasteiger partial charge in [-0.1, -0.05) is 42.5 Å². The molecule has 3 aromatic heterocycles. The van der Waals surface area contributed by atoms with Crippen LogP contribution in [-0.2, 0) is 17.6 Å². The van der Waals surface area contributed by atoms with E-state index < -0.39 is 5.97 Å². The Kier molecular flexibility index (Phi) is 4.55. The molecule has 5 aromatic rings. The number of rotatable bonds is 5. The number of benzene rings is 2. The standard InChI is InChI=1S/C24H18N4O3/c29-20(30)14-16-10-8-15(9-11-16)13-19-21-22(27-26-19)18-7-4-12-25-23(18)28(24(21)31)17-5-2-1-3-6-17/h1-12H,13-14H2,(H,26,27)(H,29,30). The molecule has 7 nitrogen and oxygen atoms in total. The molecule has 7 heteroatoms. The SMILES string of the molecule is O=C(O)Cc1ccc(Cc2n[nH]c3c2c(=O)n(-c2ccccc2)c2ncccc32)cc1. The summed E-state index contributed by atoms with van der Waals surface area (Å²) in [5, 5.41) is 17.8. The highest BCUT2D eigenvalue weighted by atomic mass is 16.4. The van der Waals surface area contributed by atoms with Crippen molar-refractivity contribution in [1.82, 2.24) is 19.7 Å². The monoisotopic (exact) mass is 410 g/mol. The number of aliphatic carboxylic acids is 1. The number of nitrogens with one attached hydrogen (secondary N) is 1. The Morgan fingerprint density at radius 3 is 2.45 bits per heavy atom. The largest absolute Gasteiger partial charge is 0.481 e. The van der Waals surface area contributed by atoms with Crippen molar-refractivity contribution in [3.8, 4) is 5.69 Å². The number of fused-ring (bicyclic) bond motifs is 3. The number of H-pyrrole nitrogens is 1. The van der Waals surface area contributed by atoms with Gasteiger partial charge in [-0.15, -0.1) is 0 Å². The number of aromatic amines is 1. The van der Waals surface area contributed by atoms with Crippen LogP contribution in [-0.4, -0.2) is 30.8 Å². The minimum atomic E-state index is -0.868. The number of hydrogen-bond donors (Lipinski definition) is 2. The van der Waals surface area contributed by atoms with E-state index in [0.29, 0.717) is 28.7 Å². The van der Waals surface area contributed by atoms with Crippen molar-refractivity contribution in [1.29, 1.82) is 0 Å². The third-order valence-corrected chi connectivity index (χ3v) is 5.29. The van der Waals surface area contributed by atoms with Gasteiger partial charge < -0.3 is 5.11 Å². The molecule has 0 radical (unpaired) electrons. The second-order valence-corrected chi connectivity index (χ2v) is 7.33. The van der Waals surface area contributed by atoms with Crippen LogP contribution in [0.1, 0.15) is 16.8 Å². The molecular formula is C24H18N4O3. The van der Waals surface area contributed by atoms with E-state index in [4.69, 9.17) is 5.11 Å². The van der Waals surface area contributed by atoms with Gasteiger partial charge in [0.05, 0.1) is 28.7 Å². The molecule has 0 spiro atoms. The molecule has 31 heavy (non-hydrogen) atoms. The van der Waals surface area contributed by atoms with Crippen molar-refractivity contribution in [3.63, 3.8) is 0 Å². The lowest BCUT2D eigenvalue weighted by Crippen LogP contribution is -2.20. The van der Waals surface area contributed by atoms with Crippen LogP contribution in [0.25, 0.3) is 27.6 Å². The summed E-state index contributed by atoms with van der Waals surface area (Å²) in [5.41, 5.74) is 4.10. The van der Waals surface area contributed by atoms with E-state index in [-0.39, 0.29) is 12.0 Å². The lowest BCUT2D eigenvalue weighted by molar-refractivity contribution is -0.136. The predicted octanol–water partition coefficient (Wildman–Crippen LogP) is 3.48. The third-order valence-electron chi connectivity index (χ3n) is 5.29. The lowest BCUT2D eigenvalue weighted by atomic mass is 10.0. The fourth-order valence-corrected chi connectivity index (χ4v) is 3.87. The van der Waals surface area contributed by atoms with E-state index in [1.54, 1.807) is 22.9 Å². The van der Waals surface area contributed by atoms with E-state index in [0.717, 1.165) is 22.2 Å². The highest BCUT2D eigenvalue weighted by Gasteiger charge is 2.18. The molecule has 0 fully saturated rings. The Morgan fingerprint density at radius 1 is 0.968 bits per heavy atom. The van der Waals surface area contributed by atoms with Crippen molar-refractivity contribution in [2.45, 2.75) is 12.8 Å². The molecule has 0 aliphatic carbocycles. The Labute approximate surface area is 176 Å². The highest BCUT2D eigenvalue weighted by Crippen LogP contribution is 2.25. The predicted molar refractivity (Wildman–Crippen MR) is 118 cm³/mol. The number of hydrogen-bond acceptors (Lipinski definition) is 4. The summed E-state index contributed by atoms with van der Waals surface area (Å²) in [6.07, 6.45) is 2.10. The van der Waals surface area contributed by atoms with E-state index in [2.05, 4.69) is 15.2 Å². The molecule has 5 rings (SSSR count). The van der Waals surface area contributed by atoms with Crippen LogP contribution in [0.2, 0.25) is 0 Å². The quantitative estimate of drug-likeness (QED) is 0.462. The van der Waals surface area contributed by atoms with Gasteiger partial charge in [0.15, 0.2) is 0 Å². The van der Waals surface area contributed by atoms with Crippen LogP contribution in [0.5, 0.6) is 0 Å². The smallest absolute Gasteiger partial charge is 0.307 e. The molecule has 3 heterocycles. The van der Waals surface area contributed by atoms with Crippen molar-refractivity contribution in [2.24, 2.45) is 0 Å². The van der Waals surface area contributed by atoms with Crippen molar-refractivity contribution in [3.05, 3.63) is 100 Å². The summed E-state index contributed by atoms with van der Waals surface area (Å²) >= 11 is 0. The third kappa shape index (κ3) is 3.36. The fourth-order valence-electron chi connectivity index (χ4n) is 3.87. The van der Waals surface area contributed by atoms with Crippen LogP contribution in [0.4, 0.5) is 0 Å². The molecule has 0 bridgehead atoms. The molecule has 0 aliphatic heterocycles. The highest BCUT2D eigenvalue weighted by molar-refractivity contribution is 6.03. The molecule has 0 saturated heterocycles. The number of aromatic nitrogens is 4. The first-order valence-electron chi connectivity index (χ1n) is 9.83. The average molecular weight is 410 g/mol. The van der Waals surface area contributed by atoms with Gasteiger partial charge in [0.25, 0.3) is 5.56 Å². The van der Waals surface area contributed by atoms with Crippen molar-refractivity contribution >= 4 is 27.9 Å². The van der Waals surface area contributed by atoms with Gasteiger partial charge in [0.1, 0.15) is 5.65 Å². The van der Waals surface area contributed by atoms with Crippen LogP contribution in [0.3, 0.4) is 0 Å². The number of pyridine rings is 2. The summed E-state index contributed by atoms with van der Waals surface area (Å²) in [6.45, 7) is 0. The zero-order chi connectivity index (χ0) is 21.4. The fraction of sp³-hybridized carbons (Fsp3) is 0.0833. The number of para-hydroxylation sites is 1. The van der Waals surface area contributed by atoms with Gasteiger partial charge in [0.2, 0.25) is 0 Å². The molecule has 152 valence electrons. The molecule has 0 amide bonds. The van der Waals surface area contributed by atoms with Crippen LogP contribution in [0, 0.1) is 0 Å². The summed E-state index contributed by atoms with van der Waals surface area (Å²) in [5.74, 6) is -0.868. The summed E-state index contributed by atoms with van der Waals surface area (Å²) in [7, 11) is 0. The Morgan fingerprint density at radius 2 is 1.71 bits per heavy atom. The number of carboxylic acids is 1. The van der Waals surface area contributed by atoms with E-state index in [1.165, 1.54) is 0 Å². The summed E-state index contributed by atoms with van der Waals surface area (Å²) in [4.78, 5) is 28.9. The Bertz CT molecular complexity index is 1470. The number of carbonyl (C=O) groups is 1. The molecular weight excluding hydrogens is 392 g/mol. The Hall–Kier alpha value is -4.26. The average Bonchev–Trinajstić information content (AvgIpc) is 3.20. The number of carboxylic acid groups (broad SMARTS) is 1. The molecule has 0 saturated carbocycles. The normalized spacial score (nSPS) is 11.2. The van der Waals surface area contributed by atoms with E-state index in [1.807, 2.05) is 54.6 Å². The zero-order valence-corrected chi connectivity index (χ0v) is 16.4. The first kappa shape index (κ1) is 18.7. The first-order valence-corrected chi connectivity index (χ1v) is 9.83. The molecule has 0 aliphatic rings. The van der Waals surface area contributed by atoms with Crippen LogP contribution >= 0.6 is 0 Å². The van der Waals surface area contributed by atoms with Gasteiger partial charge in [-0.2, -0.15) is 5.10 Å². The lowest BCUT2D eigenvalue weighted by Gasteiger charge is -2.10. The van der Waals surface area contributed by atoms with Gasteiger partial charge >= 0.3 is 5.97 Å². The van der Waals surface area contributed by atoms with Crippen LogP contribution in [0.15, 0.2) is 77.7 Å². The van der Waals surface area contributed by atoms with Gasteiger partial charge in [-0.3, -0.25) is 19.3 Å². The van der Waals surface area contributed by atoms with Crippen molar-refractivity contribution < 1.29 is 9.90 Å². The summed E-state index contributed by atoms with van der Waals surface area (Å²) < 4.78 is 1.62. The van der Waals surface area contributed by atoms with Crippen molar-refractivity contribution in [2.75, 3.05) is 0 Å². The van der Waals surface area contributed by atoms with E-state index >= 15 is 0 Å². The number of nitrogens with zero attached hydrogens (tertiary/aromatic N) is 3. The maximum atomic E-state index is 13.6. The van der Waals surface area contributed by atoms with Crippen LogP contribution < -0.4 is 5.56 Å². The maximum Gasteiger partial charge on any atom is 0.307 e. The molecule has 2 aromatic carbocycles. The second-order valence-electron chi connectivity index (χ2n) is 7.33.